The highest BCUT2D eigenvalue weighted by Gasteiger charge is 2.51. The second-order valence-electron chi connectivity index (χ2n) is 11.5. The Kier molecular flexibility index (Phi) is 9.45. The molecule has 3 aliphatic rings. The summed E-state index contributed by atoms with van der Waals surface area (Å²) in [6.45, 7) is 1.92. The quantitative estimate of drug-likeness (QED) is 0.260. The number of carbonyl (C=O) groups excluding carboxylic acids is 5. The number of nitrogens with one attached hydrogen (secondary N) is 5. The molecule has 3 heterocycles. The molecule has 1 fully saturated rings. The Balaban J connectivity index is 1.38. The maximum absolute atomic E-state index is 13.5. The number of hydrogen-bond donors (Lipinski definition) is 5. The Morgan fingerprint density at radius 1 is 1.00 bits per heavy atom. The Bertz CT molecular complexity index is 1550. The van der Waals surface area contributed by atoms with Crippen molar-refractivity contribution in [1.82, 2.24) is 36.1 Å². The number of aryl methyl sites for hydroxylation is 1. The highest BCUT2D eigenvalue weighted by atomic mass is 16.5. The molecule has 0 radical (unpaired) electrons. The van der Waals surface area contributed by atoms with E-state index in [1.165, 1.54) is 19.4 Å². The standard InChI is InChI=1S/C32H37N7O6/c1-20-27(40)36-25(16-21-6-4-3-5-7-21)30(43)38-32(12-13-32)31(44)33-14-15-45-23-10-8-22(9-11-23)17-24(28(41)35-20)37-29(42)26-18-39(2)19-34-26/h3-11,18-20,24-25H,12-17H2,1-2H3,(H,33,44)(H,35,41)(H,36,40)(H,37,42)(H,38,43)/t20-,24-,25+/m0/s1. The lowest BCUT2D eigenvalue weighted by Crippen LogP contribution is -2.59. The molecule has 2 aromatic carbocycles. The third kappa shape index (κ3) is 8.05. The first-order valence-electron chi connectivity index (χ1n) is 14.9. The van der Waals surface area contributed by atoms with Crippen molar-refractivity contribution in [2.24, 2.45) is 7.05 Å². The maximum Gasteiger partial charge on any atom is 0.272 e. The first-order valence-corrected chi connectivity index (χ1v) is 14.9. The molecule has 236 valence electrons. The average Bonchev–Trinajstić information content (AvgIpc) is 3.68. The molecule has 1 aliphatic carbocycles. The normalized spacial score (nSPS) is 22.3. The molecular weight excluding hydrogens is 578 g/mol. The molecule has 1 aromatic heterocycles. The molecule has 3 aromatic rings. The summed E-state index contributed by atoms with van der Waals surface area (Å²) < 4.78 is 7.39. The van der Waals surface area contributed by atoms with Gasteiger partial charge in [-0.1, -0.05) is 42.5 Å². The number of nitrogens with zero attached hydrogens (tertiary/aromatic N) is 2. The van der Waals surface area contributed by atoms with E-state index >= 15 is 0 Å². The highest BCUT2D eigenvalue weighted by Crippen LogP contribution is 2.35. The van der Waals surface area contributed by atoms with E-state index in [4.69, 9.17) is 4.74 Å². The van der Waals surface area contributed by atoms with Crippen molar-refractivity contribution < 1.29 is 28.7 Å². The molecule has 1 spiro atoms. The fourth-order valence-electron chi connectivity index (χ4n) is 5.02. The van der Waals surface area contributed by atoms with Gasteiger partial charge in [-0.15, -0.1) is 0 Å². The van der Waals surface area contributed by atoms with E-state index < -0.39 is 47.3 Å². The van der Waals surface area contributed by atoms with Crippen molar-refractivity contribution in [3.05, 3.63) is 83.9 Å². The van der Waals surface area contributed by atoms with Crippen LogP contribution in [-0.2, 0) is 39.1 Å². The Labute approximate surface area is 260 Å². The van der Waals surface area contributed by atoms with E-state index in [-0.39, 0.29) is 37.6 Å². The summed E-state index contributed by atoms with van der Waals surface area (Å²) in [5, 5.41) is 13.8. The van der Waals surface area contributed by atoms with Crippen LogP contribution in [0.3, 0.4) is 0 Å². The molecule has 2 aliphatic heterocycles. The summed E-state index contributed by atoms with van der Waals surface area (Å²) in [4.78, 5) is 70.4. The Hall–Kier alpha value is -5.20. The van der Waals surface area contributed by atoms with Gasteiger partial charge in [0.2, 0.25) is 23.6 Å². The van der Waals surface area contributed by atoms with E-state index in [1.807, 2.05) is 30.3 Å². The number of aromatic nitrogens is 2. The molecule has 13 heteroatoms. The van der Waals surface area contributed by atoms with Gasteiger partial charge < -0.3 is 35.9 Å². The monoisotopic (exact) mass is 615 g/mol. The summed E-state index contributed by atoms with van der Waals surface area (Å²) in [7, 11) is 1.73. The lowest BCUT2D eigenvalue weighted by atomic mass is 10.0. The van der Waals surface area contributed by atoms with Gasteiger partial charge in [-0.05, 0) is 43.0 Å². The summed E-state index contributed by atoms with van der Waals surface area (Å²) in [5.41, 5.74) is 0.622. The second kappa shape index (κ2) is 13.6. The number of hydrogen-bond acceptors (Lipinski definition) is 7. The van der Waals surface area contributed by atoms with Gasteiger partial charge in [0.1, 0.15) is 41.7 Å². The number of rotatable bonds is 4. The minimum absolute atomic E-state index is 0.121. The zero-order chi connectivity index (χ0) is 32.0. The molecule has 1 saturated carbocycles. The van der Waals surface area contributed by atoms with Crippen molar-refractivity contribution in [2.45, 2.75) is 56.3 Å². The largest absolute Gasteiger partial charge is 0.492 e. The lowest BCUT2D eigenvalue weighted by Gasteiger charge is -2.25. The van der Waals surface area contributed by atoms with Crippen LogP contribution < -0.4 is 31.3 Å². The van der Waals surface area contributed by atoms with E-state index in [1.54, 1.807) is 35.9 Å². The van der Waals surface area contributed by atoms with Crippen LogP contribution in [0.4, 0.5) is 0 Å². The minimum Gasteiger partial charge on any atom is -0.492 e. The third-order valence-corrected chi connectivity index (χ3v) is 7.79. The van der Waals surface area contributed by atoms with Gasteiger partial charge in [-0.2, -0.15) is 0 Å². The molecule has 45 heavy (non-hydrogen) atoms. The Morgan fingerprint density at radius 3 is 2.40 bits per heavy atom. The highest BCUT2D eigenvalue weighted by molar-refractivity contribution is 5.99. The number of ether oxygens (including phenoxy) is 1. The van der Waals surface area contributed by atoms with Gasteiger partial charge >= 0.3 is 0 Å². The van der Waals surface area contributed by atoms with Gasteiger partial charge in [0.25, 0.3) is 5.91 Å². The number of imidazole rings is 1. The zero-order valence-electron chi connectivity index (χ0n) is 25.2. The average molecular weight is 616 g/mol. The fraction of sp³-hybridized carbons (Fsp3) is 0.375. The van der Waals surface area contributed by atoms with Gasteiger partial charge in [-0.25, -0.2) is 4.98 Å². The summed E-state index contributed by atoms with van der Waals surface area (Å²) in [6.07, 6.45) is 4.24. The van der Waals surface area contributed by atoms with Crippen LogP contribution in [0.25, 0.3) is 0 Å². The fourth-order valence-corrected chi connectivity index (χ4v) is 5.02. The molecule has 0 saturated heterocycles. The predicted molar refractivity (Wildman–Crippen MR) is 163 cm³/mol. The summed E-state index contributed by atoms with van der Waals surface area (Å²) >= 11 is 0. The van der Waals surface area contributed by atoms with Crippen LogP contribution in [-0.4, -0.2) is 75.9 Å². The van der Waals surface area contributed by atoms with E-state index in [9.17, 15) is 24.0 Å². The van der Waals surface area contributed by atoms with Crippen LogP contribution in [0.15, 0.2) is 67.1 Å². The van der Waals surface area contributed by atoms with Gasteiger partial charge in [0.15, 0.2) is 0 Å². The molecule has 5 amide bonds. The lowest BCUT2D eigenvalue weighted by molar-refractivity contribution is -0.134. The Morgan fingerprint density at radius 2 is 1.73 bits per heavy atom. The van der Waals surface area contributed by atoms with Crippen LogP contribution >= 0.6 is 0 Å². The van der Waals surface area contributed by atoms with Crippen LogP contribution in [0.1, 0.15) is 41.4 Å². The minimum atomic E-state index is -1.06. The number of carbonyl (C=O) groups is 5. The second-order valence-corrected chi connectivity index (χ2v) is 11.5. The van der Waals surface area contributed by atoms with E-state index in [0.717, 1.165) is 11.1 Å². The van der Waals surface area contributed by atoms with Crippen LogP contribution in [0.5, 0.6) is 5.75 Å². The maximum atomic E-state index is 13.5. The molecule has 5 N–H and O–H groups in total. The summed E-state index contributed by atoms with van der Waals surface area (Å²) in [5.74, 6) is -1.99. The zero-order valence-corrected chi connectivity index (χ0v) is 25.2. The molecule has 2 bridgehead atoms. The molecule has 6 rings (SSSR count). The van der Waals surface area contributed by atoms with Gasteiger partial charge in [-0.3, -0.25) is 24.0 Å². The number of amides is 5. The van der Waals surface area contributed by atoms with Crippen molar-refractivity contribution >= 4 is 29.5 Å². The van der Waals surface area contributed by atoms with Crippen molar-refractivity contribution in [3.8, 4) is 5.75 Å². The summed E-state index contributed by atoms with van der Waals surface area (Å²) in [6, 6.07) is 13.1. The molecular formula is C32H37N7O6. The third-order valence-electron chi connectivity index (χ3n) is 7.79. The predicted octanol–water partition coefficient (Wildman–Crippen LogP) is 0.151. The smallest absolute Gasteiger partial charge is 0.272 e. The first-order chi connectivity index (χ1) is 21.6. The number of benzene rings is 2. The van der Waals surface area contributed by atoms with Crippen molar-refractivity contribution in [3.63, 3.8) is 0 Å². The van der Waals surface area contributed by atoms with Crippen LogP contribution in [0.2, 0.25) is 0 Å². The molecule has 13 nitrogen and oxygen atoms in total. The first kappa shape index (κ1) is 31.2. The van der Waals surface area contributed by atoms with E-state index in [0.29, 0.717) is 18.6 Å². The van der Waals surface area contributed by atoms with Crippen molar-refractivity contribution in [2.75, 3.05) is 13.2 Å². The molecule has 0 unspecified atom stereocenters. The van der Waals surface area contributed by atoms with Crippen molar-refractivity contribution in [1.29, 1.82) is 0 Å². The molecule has 3 atom stereocenters. The topological polar surface area (TPSA) is 173 Å². The van der Waals surface area contributed by atoms with E-state index in [2.05, 4.69) is 31.6 Å². The number of fused-ring (bicyclic) bond motifs is 15. The van der Waals surface area contributed by atoms with Gasteiger partial charge in [0.05, 0.1) is 12.9 Å². The van der Waals surface area contributed by atoms with Gasteiger partial charge in [0, 0.05) is 26.1 Å². The van der Waals surface area contributed by atoms with Crippen LogP contribution in [0, 0.1) is 0 Å². The SMILES string of the molecule is C[C@@H]1NC(=O)[C@@H](NC(=O)c2cn(C)cn2)Cc2ccc(cc2)OCCNC(=O)C2(CC2)NC(=O)[C@@H](Cc2ccccc2)NC1=O.